The second kappa shape index (κ2) is 8.09. The molecule has 1 aliphatic rings. The van der Waals surface area contributed by atoms with Crippen molar-refractivity contribution in [2.24, 2.45) is 0 Å². The summed E-state index contributed by atoms with van der Waals surface area (Å²) in [4.78, 5) is 11.0. The van der Waals surface area contributed by atoms with Crippen molar-refractivity contribution >= 4 is 36.7 Å². The molecule has 0 spiro atoms. The average Bonchev–Trinajstić information content (AvgIpc) is 3.11. The van der Waals surface area contributed by atoms with E-state index >= 15 is 0 Å². The molecule has 1 fully saturated rings. The largest absolute Gasteiger partial charge is 0.404 e. The molecule has 26 heavy (non-hydrogen) atoms. The topological polar surface area (TPSA) is 35.5 Å². The second-order valence-electron chi connectivity index (χ2n) is 7.55. The molecule has 0 N–H and O–H groups in total. The second-order valence-corrected chi connectivity index (χ2v) is 13.0. The van der Waals surface area contributed by atoms with Crippen molar-refractivity contribution in [3.63, 3.8) is 0 Å². The minimum Gasteiger partial charge on any atom is -0.404 e. The fourth-order valence-electron chi connectivity index (χ4n) is 3.59. The summed E-state index contributed by atoms with van der Waals surface area (Å²) in [6.45, 7) is 7.27. The zero-order valence-corrected chi connectivity index (χ0v) is 17.4. The van der Waals surface area contributed by atoms with E-state index in [1.165, 1.54) is 10.4 Å². The molecular formula is C21H26O3SSi. The normalized spacial score (nSPS) is 20.9. The van der Waals surface area contributed by atoms with Gasteiger partial charge >= 0.3 is 0 Å². The molecule has 2 aromatic carbocycles. The van der Waals surface area contributed by atoms with Crippen LogP contribution in [0.2, 0.25) is 5.04 Å². The number of hydrogen-bond donors (Lipinski definition) is 0. The summed E-state index contributed by atoms with van der Waals surface area (Å²) in [7, 11) is -2.53. The average molecular weight is 387 g/mol. The zero-order chi connectivity index (χ0) is 18.6. The molecule has 0 saturated carbocycles. The molecule has 2 atom stereocenters. The number of thioether (sulfide) groups is 1. The highest BCUT2D eigenvalue weighted by atomic mass is 32.2. The number of aldehydes is 1. The maximum absolute atomic E-state index is 11.0. The van der Waals surface area contributed by atoms with E-state index in [0.717, 1.165) is 6.29 Å². The smallest absolute Gasteiger partial charge is 0.261 e. The molecule has 3 nitrogen and oxygen atoms in total. The van der Waals surface area contributed by atoms with Crippen LogP contribution in [0.3, 0.4) is 0 Å². The summed E-state index contributed by atoms with van der Waals surface area (Å²) in [5, 5.41) is 2.46. The molecule has 138 valence electrons. The third-order valence-electron chi connectivity index (χ3n) is 4.78. The Morgan fingerprint density at radius 2 is 1.62 bits per heavy atom. The number of hydrogen-bond acceptors (Lipinski definition) is 4. The Balaban J connectivity index is 1.99. The molecule has 0 amide bonds. The molecule has 5 heteroatoms. The van der Waals surface area contributed by atoms with Gasteiger partial charge in [0.05, 0.1) is 6.61 Å². The fourth-order valence-corrected chi connectivity index (χ4v) is 9.21. The van der Waals surface area contributed by atoms with Crippen molar-refractivity contribution in [2.75, 3.05) is 12.4 Å². The molecule has 1 aliphatic heterocycles. The fraction of sp³-hybridized carbons (Fsp3) is 0.381. The molecule has 1 unspecified atom stereocenters. The zero-order valence-electron chi connectivity index (χ0n) is 15.6. The number of rotatable bonds is 6. The van der Waals surface area contributed by atoms with Crippen molar-refractivity contribution in [3.8, 4) is 0 Å². The number of carbonyl (C=O) groups is 1. The van der Waals surface area contributed by atoms with Crippen LogP contribution in [0.15, 0.2) is 60.7 Å². The molecule has 3 rings (SSSR count). The maximum Gasteiger partial charge on any atom is 0.261 e. The van der Waals surface area contributed by atoms with Crippen molar-refractivity contribution < 1.29 is 14.0 Å². The highest BCUT2D eigenvalue weighted by molar-refractivity contribution is 8.00. The quantitative estimate of drug-likeness (QED) is 0.564. The Bertz CT molecular complexity index is 676. The first-order chi connectivity index (χ1) is 12.5. The standard InChI is InChI=1S/C21H26O3SSi/c1-21(2,3)26(18-10-6-4-7-11-18,19-12-8-5-9-13-19)23-15-20-24-17(14-22)16-25-20/h4-14,17,20H,15-16H2,1-3H3/t17?,20-/m1/s1. The minimum atomic E-state index is -2.53. The molecule has 1 saturated heterocycles. The van der Waals surface area contributed by atoms with Crippen LogP contribution < -0.4 is 10.4 Å². The molecule has 1 heterocycles. The van der Waals surface area contributed by atoms with Crippen LogP contribution in [-0.4, -0.2) is 38.5 Å². The molecule has 0 aliphatic carbocycles. The lowest BCUT2D eigenvalue weighted by Crippen LogP contribution is -2.67. The van der Waals surface area contributed by atoms with Crippen molar-refractivity contribution in [3.05, 3.63) is 60.7 Å². The van der Waals surface area contributed by atoms with Gasteiger partial charge in [-0.3, -0.25) is 0 Å². The van der Waals surface area contributed by atoms with E-state index in [1.54, 1.807) is 11.8 Å². The van der Waals surface area contributed by atoms with Gasteiger partial charge in [-0.1, -0.05) is 81.4 Å². The van der Waals surface area contributed by atoms with E-state index in [1.807, 2.05) is 12.1 Å². The van der Waals surface area contributed by atoms with Gasteiger partial charge in [0.25, 0.3) is 8.32 Å². The van der Waals surface area contributed by atoms with E-state index in [2.05, 4.69) is 69.3 Å². The Morgan fingerprint density at radius 1 is 1.08 bits per heavy atom. The highest BCUT2D eigenvalue weighted by Gasteiger charge is 2.50. The van der Waals surface area contributed by atoms with Gasteiger partial charge < -0.3 is 14.0 Å². The summed E-state index contributed by atoms with van der Waals surface area (Å²) in [6, 6.07) is 21.1. The van der Waals surface area contributed by atoms with Crippen LogP contribution in [0.25, 0.3) is 0 Å². The van der Waals surface area contributed by atoms with E-state index < -0.39 is 8.32 Å². The predicted molar refractivity (Wildman–Crippen MR) is 111 cm³/mol. The molecular weight excluding hydrogens is 360 g/mol. The number of benzene rings is 2. The molecule has 0 radical (unpaired) electrons. The molecule has 0 bridgehead atoms. The summed E-state index contributed by atoms with van der Waals surface area (Å²) in [5.41, 5.74) is -0.0909. The van der Waals surface area contributed by atoms with Crippen LogP contribution in [0, 0.1) is 0 Å². The monoisotopic (exact) mass is 386 g/mol. The Hall–Kier alpha value is -1.40. The minimum absolute atomic E-state index is 0.0525. The molecule has 2 aromatic rings. The maximum atomic E-state index is 11.0. The number of carbonyl (C=O) groups excluding carboxylic acids is 1. The van der Waals surface area contributed by atoms with Gasteiger partial charge in [-0.05, 0) is 15.4 Å². The third kappa shape index (κ3) is 3.81. The van der Waals surface area contributed by atoms with E-state index in [4.69, 9.17) is 9.16 Å². The van der Waals surface area contributed by atoms with Gasteiger partial charge in [-0.15, -0.1) is 11.8 Å². The first kappa shape index (κ1) is 19.4. The SMILES string of the molecule is CC(C)(C)[Si](OC[C@@H]1OC(C=O)CS1)(c1ccccc1)c1ccccc1. The molecule has 0 aromatic heterocycles. The van der Waals surface area contributed by atoms with Crippen LogP contribution in [0.5, 0.6) is 0 Å². The first-order valence-corrected chi connectivity index (χ1v) is 11.9. The lowest BCUT2D eigenvalue weighted by atomic mass is 10.2. The van der Waals surface area contributed by atoms with Crippen LogP contribution in [0.4, 0.5) is 0 Å². The van der Waals surface area contributed by atoms with Gasteiger partial charge in [-0.25, -0.2) is 0 Å². The van der Waals surface area contributed by atoms with Crippen LogP contribution >= 0.6 is 11.8 Å². The van der Waals surface area contributed by atoms with E-state index in [0.29, 0.717) is 12.4 Å². The summed E-state index contributed by atoms with van der Waals surface area (Å²) in [5.74, 6) is 0.707. The predicted octanol–water partition coefficient (Wildman–Crippen LogP) is 3.22. The first-order valence-electron chi connectivity index (χ1n) is 8.95. The van der Waals surface area contributed by atoms with Gasteiger partial charge in [-0.2, -0.15) is 0 Å². The van der Waals surface area contributed by atoms with E-state index in [9.17, 15) is 4.79 Å². The number of ether oxygens (including phenoxy) is 1. The Morgan fingerprint density at radius 3 is 2.04 bits per heavy atom. The van der Waals surface area contributed by atoms with Crippen LogP contribution in [0.1, 0.15) is 20.8 Å². The lowest BCUT2D eigenvalue weighted by molar-refractivity contribution is -0.117. The van der Waals surface area contributed by atoms with Crippen molar-refractivity contribution in [1.29, 1.82) is 0 Å². The summed E-state index contributed by atoms with van der Waals surface area (Å²) >= 11 is 1.66. The van der Waals surface area contributed by atoms with Gasteiger partial charge in [0.2, 0.25) is 0 Å². The summed E-state index contributed by atoms with van der Waals surface area (Å²) < 4.78 is 12.6. The van der Waals surface area contributed by atoms with Gasteiger partial charge in [0.1, 0.15) is 17.8 Å². The summed E-state index contributed by atoms with van der Waals surface area (Å²) in [6.07, 6.45) is 0.572. The Kier molecular flexibility index (Phi) is 6.02. The highest BCUT2D eigenvalue weighted by Crippen LogP contribution is 2.37. The Labute approximate surface area is 161 Å². The van der Waals surface area contributed by atoms with Crippen LogP contribution in [-0.2, 0) is 14.0 Å². The van der Waals surface area contributed by atoms with Gasteiger partial charge in [0, 0.05) is 5.75 Å². The lowest BCUT2D eigenvalue weighted by Gasteiger charge is -2.43. The van der Waals surface area contributed by atoms with Crippen molar-refractivity contribution in [1.82, 2.24) is 0 Å². The van der Waals surface area contributed by atoms with Gasteiger partial charge in [0.15, 0.2) is 0 Å². The van der Waals surface area contributed by atoms with E-state index in [-0.39, 0.29) is 16.6 Å². The van der Waals surface area contributed by atoms with Crippen molar-refractivity contribution in [2.45, 2.75) is 37.3 Å². The third-order valence-corrected chi connectivity index (χ3v) is 10.9.